The summed E-state index contributed by atoms with van der Waals surface area (Å²) in [4.78, 5) is 128. The first-order valence-electron chi connectivity index (χ1n) is 30.0. The van der Waals surface area contributed by atoms with Gasteiger partial charge < -0.3 is 28.4 Å². The molecule has 8 aliphatic carbocycles. The smallest absolute Gasteiger partial charge is 0.306 e. The third kappa shape index (κ3) is 9.96. The van der Waals surface area contributed by atoms with Crippen LogP contribution in [0.1, 0.15) is 186 Å². The van der Waals surface area contributed by atoms with E-state index in [0.29, 0.717) is 56.1 Å². The Kier molecular flexibility index (Phi) is 18.5. The first kappa shape index (κ1) is 63.9. The number of rotatable bonds is 18. The number of ketones is 4. The van der Waals surface area contributed by atoms with Crippen LogP contribution < -0.4 is 0 Å². The van der Waals surface area contributed by atoms with Crippen LogP contribution in [0.5, 0.6) is 0 Å². The molecule has 0 N–H and O–H groups in total. The van der Waals surface area contributed by atoms with Crippen molar-refractivity contribution in [1.29, 1.82) is 0 Å². The van der Waals surface area contributed by atoms with Gasteiger partial charge in [-0.15, -0.1) is 0 Å². The molecule has 0 aromatic rings. The summed E-state index contributed by atoms with van der Waals surface area (Å²) in [5.41, 5.74) is -10.8. The zero-order valence-electron chi connectivity index (χ0n) is 50.1. The lowest BCUT2D eigenvalue weighted by atomic mass is 9.44. The van der Waals surface area contributed by atoms with Gasteiger partial charge in [0.15, 0.2) is 47.3 Å². The number of alkyl halides is 2. The summed E-state index contributed by atoms with van der Waals surface area (Å²) in [5.74, 6) is -8.05. The third-order valence-electron chi connectivity index (χ3n) is 21.1. The van der Waals surface area contributed by atoms with Crippen molar-refractivity contribution in [1.82, 2.24) is 0 Å². The van der Waals surface area contributed by atoms with Crippen molar-refractivity contribution in [3.8, 4) is 0 Å². The van der Waals surface area contributed by atoms with E-state index in [1.807, 2.05) is 34.6 Å². The van der Waals surface area contributed by atoms with Crippen LogP contribution in [0.3, 0.4) is 0 Å². The number of ether oxygens (including phenoxy) is 6. The van der Waals surface area contributed by atoms with Crippen LogP contribution in [0, 0.1) is 57.2 Å². The molecule has 0 amide bonds. The zero-order chi connectivity index (χ0) is 60.8. The molecular formula is C64H86F2O16. The Morgan fingerprint density at radius 2 is 0.890 bits per heavy atom. The molecule has 452 valence electrons. The van der Waals surface area contributed by atoms with Gasteiger partial charge in [-0.25, -0.2) is 8.78 Å². The Labute approximate surface area is 481 Å². The van der Waals surface area contributed by atoms with E-state index in [-0.39, 0.29) is 62.9 Å². The minimum atomic E-state index is -2.07. The molecular weight excluding hydrogens is 1060 g/mol. The lowest BCUT2D eigenvalue weighted by Gasteiger charge is -2.63. The molecule has 18 heteroatoms. The van der Waals surface area contributed by atoms with Gasteiger partial charge in [-0.3, -0.25) is 47.9 Å². The molecule has 16 atom stereocenters. The number of hydrogen-bond acceptors (Lipinski definition) is 16. The monoisotopic (exact) mass is 1150 g/mol. The largest absolute Gasteiger partial charge is 0.459 e. The standard InChI is InChI=1S/C33H45FO8.C31H41FO8/c1-7-10-11-29(39)41-26-18-31(6)24(23-13-12-21-17-22(35)14-15-30(21,5)32(23,26)34)16-20(4)33(31,42-28(38)9-3)25(36)19-40-27(37)8-2;1-7-25(35)38-17-23(34)31(40-27(37)9-3)18(4)14-22-21-11-10-19-15-20(33)12-13-28(19,5)30(21,32)24(16-29(22,31)6)39-26(36)8-2/h14-15,17,20,23-24,26H,7-13,16,18-19H2,1-6H3;12-13,15,18,21-22,24H,7-11,14,16-17H2,1-6H3/t20-,23-,24-,26-,30-,31-,32?,33-;18-,21-,22-,24-,28-,29-,30?,31-/m00/s1. The Bertz CT molecular complexity index is 2740. The maximum atomic E-state index is 18.3. The van der Waals surface area contributed by atoms with Gasteiger partial charge >= 0.3 is 35.8 Å². The minimum absolute atomic E-state index is 0.0209. The molecule has 2 unspecified atom stereocenters. The summed E-state index contributed by atoms with van der Waals surface area (Å²) >= 11 is 0. The van der Waals surface area contributed by atoms with E-state index in [1.54, 1.807) is 60.6 Å². The van der Waals surface area contributed by atoms with E-state index in [2.05, 4.69) is 0 Å². The van der Waals surface area contributed by atoms with Crippen molar-refractivity contribution in [2.24, 2.45) is 57.2 Å². The van der Waals surface area contributed by atoms with Crippen molar-refractivity contribution < 1.29 is 85.1 Å². The molecule has 82 heavy (non-hydrogen) atoms. The molecule has 0 saturated heterocycles. The number of allylic oxidation sites excluding steroid dienone is 8. The minimum Gasteiger partial charge on any atom is -0.459 e. The summed E-state index contributed by atoms with van der Waals surface area (Å²) < 4.78 is 71.0. The van der Waals surface area contributed by atoms with Gasteiger partial charge in [0, 0.05) is 83.9 Å². The fourth-order valence-corrected chi connectivity index (χ4v) is 17.0. The second-order valence-corrected chi connectivity index (χ2v) is 25.2. The van der Waals surface area contributed by atoms with Crippen LogP contribution in [-0.4, -0.2) is 107 Å². The van der Waals surface area contributed by atoms with E-state index in [0.717, 1.165) is 6.42 Å². The average molecular weight is 1150 g/mol. The number of Topliss-reactive ketones (excluding diaryl/α,β-unsaturated/α-hetero) is 2. The predicted octanol–water partition coefficient (Wildman–Crippen LogP) is 10.3. The first-order chi connectivity index (χ1) is 38.5. The van der Waals surface area contributed by atoms with Gasteiger partial charge in [-0.1, -0.05) is 99.0 Å². The summed E-state index contributed by atoms with van der Waals surface area (Å²) in [6, 6.07) is 0. The maximum absolute atomic E-state index is 18.3. The molecule has 0 aromatic heterocycles. The number of fused-ring (bicyclic) bond motifs is 10. The summed E-state index contributed by atoms with van der Waals surface area (Å²) in [6.45, 7) is 19.7. The van der Waals surface area contributed by atoms with Crippen LogP contribution >= 0.6 is 0 Å². The van der Waals surface area contributed by atoms with Crippen LogP contribution in [-0.2, 0) is 76.4 Å². The summed E-state index contributed by atoms with van der Waals surface area (Å²) in [7, 11) is 0. The molecule has 0 bridgehead atoms. The molecule has 0 heterocycles. The average Bonchev–Trinajstić information content (AvgIpc) is 3.81. The van der Waals surface area contributed by atoms with Crippen LogP contribution in [0.15, 0.2) is 47.6 Å². The van der Waals surface area contributed by atoms with E-state index in [4.69, 9.17) is 28.4 Å². The highest BCUT2D eigenvalue weighted by atomic mass is 19.1. The second kappa shape index (κ2) is 23.8. The summed E-state index contributed by atoms with van der Waals surface area (Å²) in [5, 5.41) is 0. The molecule has 0 spiro atoms. The van der Waals surface area contributed by atoms with Crippen LogP contribution in [0.2, 0.25) is 0 Å². The SMILES string of the molecule is CCC(=O)OCC(=O)[C@@]1(OC(=O)CC)[C@@H](C)C[C@H]2[C@@H]3CCC4=CC(=O)C=C[C@]4(C)C3(F)[C@@H](OC(=O)CC)C[C@@]21C.CCCCC(=O)O[C@H]1C[C@@]2(C)[C@@H](C[C@H](C)[C@]2(OC(=O)CC)C(=O)COC(=O)CC)[C@@H]2CCC3=CC(=O)C=C[C@]3(C)C12F. The molecule has 6 fully saturated rings. The number of hydrogen-bond donors (Lipinski definition) is 0. The van der Waals surface area contributed by atoms with Gasteiger partial charge in [0.25, 0.3) is 0 Å². The van der Waals surface area contributed by atoms with Gasteiger partial charge in [0.1, 0.15) is 12.2 Å². The van der Waals surface area contributed by atoms with Crippen LogP contribution in [0.4, 0.5) is 8.78 Å². The highest BCUT2D eigenvalue weighted by molar-refractivity contribution is 6.02. The van der Waals surface area contributed by atoms with Gasteiger partial charge in [-0.2, -0.15) is 0 Å². The fourth-order valence-electron chi connectivity index (χ4n) is 17.0. The molecule has 8 aliphatic rings. The maximum Gasteiger partial charge on any atom is 0.306 e. The molecule has 8 rings (SSSR count). The first-order valence-corrected chi connectivity index (χ1v) is 30.0. The normalized spacial score (nSPS) is 39.1. The molecule has 16 nitrogen and oxygen atoms in total. The van der Waals surface area contributed by atoms with E-state index in [1.165, 1.54) is 24.3 Å². The van der Waals surface area contributed by atoms with E-state index >= 15 is 8.78 Å². The second-order valence-electron chi connectivity index (χ2n) is 25.2. The van der Waals surface area contributed by atoms with E-state index in [9.17, 15) is 47.9 Å². The highest BCUT2D eigenvalue weighted by Gasteiger charge is 2.80. The molecule has 0 aliphatic heterocycles. The Balaban J connectivity index is 0.000000236. The molecule has 6 saturated carbocycles. The number of halogens is 2. The number of carbonyl (C=O) groups is 10. The molecule has 0 radical (unpaired) electrons. The quantitative estimate of drug-likeness (QED) is 0.0918. The lowest BCUT2D eigenvalue weighted by Crippen LogP contribution is -2.70. The van der Waals surface area contributed by atoms with Gasteiger partial charge in [0.2, 0.25) is 11.6 Å². The van der Waals surface area contributed by atoms with Gasteiger partial charge in [-0.05, 0) is 108 Å². The molecule has 0 aromatic carbocycles. The predicted molar refractivity (Wildman–Crippen MR) is 294 cm³/mol. The zero-order valence-corrected chi connectivity index (χ0v) is 50.1. The lowest BCUT2D eigenvalue weighted by molar-refractivity contribution is -0.236. The Morgan fingerprint density at radius 3 is 1.24 bits per heavy atom. The Hall–Kier alpha value is -5.68. The summed E-state index contributed by atoms with van der Waals surface area (Å²) in [6.07, 6.45) is 10.5. The fraction of sp³-hybridized carbons (Fsp3) is 0.719. The number of unbranched alkanes of at least 4 members (excludes halogenated alkanes) is 1. The number of esters is 6. The van der Waals surface area contributed by atoms with Crippen molar-refractivity contribution >= 4 is 58.9 Å². The van der Waals surface area contributed by atoms with Crippen molar-refractivity contribution in [3.05, 3.63) is 47.6 Å². The Morgan fingerprint density at radius 1 is 0.524 bits per heavy atom. The third-order valence-corrected chi connectivity index (χ3v) is 21.1. The van der Waals surface area contributed by atoms with E-state index < -0.39 is 153 Å². The van der Waals surface area contributed by atoms with Crippen LogP contribution in [0.25, 0.3) is 0 Å². The number of carbonyl (C=O) groups excluding carboxylic acids is 10. The topological polar surface area (TPSA) is 226 Å². The van der Waals surface area contributed by atoms with Crippen molar-refractivity contribution in [2.75, 3.05) is 13.2 Å². The van der Waals surface area contributed by atoms with Crippen molar-refractivity contribution in [2.45, 2.75) is 221 Å². The van der Waals surface area contributed by atoms with Crippen molar-refractivity contribution in [3.63, 3.8) is 0 Å². The van der Waals surface area contributed by atoms with Gasteiger partial charge in [0.05, 0.1) is 0 Å². The highest BCUT2D eigenvalue weighted by Crippen LogP contribution is 2.74.